The Morgan fingerprint density at radius 3 is 2.74 bits per heavy atom. The molecule has 27 heavy (non-hydrogen) atoms. The molecule has 1 heterocycles. The third-order valence-corrected chi connectivity index (χ3v) is 4.00. The lowest BCUT2D eigenvalue weighted by Gasteiger charge is -2.07. The number of aromatic nitrogens is 2. The first kappa shape index (κ1) is 18.2. The Morgan fingerprint density at radius 2 is 2.07 bits per heavy atom. The van der Waals surface area contributed by atoms with Crippen LogP contribution in [0.15, 0.2) is 66.5 Å². The van der Waals surface area contributed by atoms with Crippen LogP contribution in [0.25, 0.3) is 11.8 Å². The molecule has 1 N–H and O–H groups in total. The summed E-state index contributed by atoms with van der Waals surface area (Å²) >= 11 is 6.05. The summed E-state index contributed by atoms with van der Waals surface area (Å²) in [5.74, 6) is -0.0368. The molecule has 6 nitrogen and oxygen atoms in total. The van der Waals surface area contributed by atoms with Gasteiger partial charge in [-0.15, -0.1) is 0 Å². The van der Waals surface area contributed by atoms with Crippen LogP contribution in [0.3, 0.4) is 0 Å². The van der Waals surface area contributed by atoms with Crippen molar-refractivity contribution in [3.63, 3.8) is 0 Å². The van der Waals surface area contributed by atoms with Gasteiger partial charge in [0.05, 0.1) is 24.0 Å². The lowest BCUT2D eigenvalue weighted by Crippen LogP contribution is -2.13. The topological polar surface area (TPSA) is 79.9 Å². The fourth-order valence-corrected chi connectivity index (χ4v) is 2.65. The van der Waals surface area contributed by atoms with Crippen molar-refractivity contribution in [1.29, 1.82) is 5.26 Å². The first-order valence-electron chi connectivity index (χ1n) is 7.97. The van der Waals surface area contributed by atoms with Gasteiger partial charge in [0.25, 0.3) is 5.91 Å². The molecule has 0 aliphatic carbocycles. The van der Waals surface area contributed by atoms with Crippen molar-refractivity contribution in [3.05, 3.63) is 77.1 Å². The number of para-hydroxylation sites is 1. The Kier molecular flexibility index (Phi) is 5.55. The minimum absolute atomic E-state index is 0.0467. The molecule has 0 aliphatic heterocycles. The minimum Gasteiger partial charge on any atom is -0.495 e. The molecule has 0 radical (unpaired) electrons. The highest BCUT2D eigenvalue weighted by Crippen LogP contribution is 2.27. The van der Waals surface area contributed by atoms with Gasteiger partial charge in [-0.25, -0.2) is 4.68 Å². The van der Waals surface area contributed by atoms with Crippen molar-refractivity contribution in [2.24, 2.45) is 0 Å². The number of benzene rings is 2. The van der Waals surface area contributed by atoms with Gasteiger partial charge in [0, 0.05) is 17.4 Å². The number of nitriles is 1. The highest BCUT2D eigenvalue weighted by molar-refractivity contribution is 6.32. The van der Waals surface area contributed by atoms with Gasteiger partial charge >= 0.3 is 0 Å². The fraction of sp³-hybridized carbons (Fsp3) is 0.0500. The Bertz CT molecular complexity index is 1040. The molecule has 0 aliphatic rings. The average Bonchev–Trinajstić information content (AvgIpc) is 3.15. The molecule has 0 fully saturated rings. The molecule has 1 amide bonds. The summed E-state index contributed by atoms with van der Waals surface area (Å²) in [5, 5.41) is 16.6. The van der Waals surface area contributed by atoms with Gasteiger partial charge in [-0.05, 0) is 36.4 Å². The molecule has 0 unspecified atom stereocenters. The van der Waals surface area contributed by atoms with Crippen LogP contribution in [-0.2, 0) is 4.79 Å². The van der Waals surface area contributed by atoms with Gasteiger partial charge in [-0.3, -0.25) is 4.79 Å². The maximum absolute atomic E-state index is 12.4. The van der Waals surface area contributed by atoms with Gasteiger partial charge in [0.15, 0.2) is 0 Å². The Hall–Kier alpha value is -3.56. The molecule has 0 saturated carbocycles. The predicted octanol–water partition coefficient (Wildman–Crippen LogP) is 4.08. The smallest absolute Gasteiger partial charge is 0.266 e. The maximum Gasteiger partial charge on any atom is 0.266 e. The van der Waals surface area contributed by atoms with Crippen molar-refractivity contribution >= 4 is 29.3 Å². The van der Waals surface area contributed by atoms with Gasteiger partial charge in [0.2, 0.25) is 0 Å². The van der Waals surface area contributed by atoms with Crippen molar-refractivity contribution in [2.45, 2.75) is 0 Å². The standard InChI is InChI=1S/C20H15ClN4O2/c1-27-19-8-7-16(10-18(19)21)24-20(26)15(11-22)9-14-12-23-25(13-14)17-5-3-2-4-6-17/h2-10,12-13H,1H3,(H,24,26)/b15-9+. The van der Waals surface area contributed by atoms with E-state index < -0.39 is 5.91 Å². The molecule has 134 valence electrons. The van der Waals surface area contributed by atoms with Crippen LogP contribution in [0.5, 0.6) is 5.75 Å². The first-order valence-corrected chi connectivity index (χ1v) is 8.35. The molecule has 0 bridgehead atoms. The number of methoxy groups -OCH3 is 1. The van der Waals surface area contributed by atoms with E-state index in [0.29, 0.717) is 22.0 Å². The van der Waals surface area contributed by atoms with Crippen LogP contribution in [0.1, 0.15) is 5.56 Å². The number of amides is 1. The molecular weight excluding hydrogens is 364 g/mol. The number of carbonyl (C=O) groups is 1. The van der Waals surface area contributed by atoms with E-state index in [1.807, 2.05) is 36.4 Å². The van der Waals surface area contributed by atoms with Crippen LogP contribution in [0.2, 0.25) is 5.02 Å². The third-order valence-electron chi connectivity index (χ3n) is 3.71. The van der Waals surface area contributed by atoms with Crippen LogP contribution >= 0.6 is 11.6 Å². The SMILES string of the molecule is COc1ccc(NC(=O)/C(C#N)=C/c2cnn(-c3ccccc3)c2)cc1Cl. The summed E-state index contributed by atoms with van der Waals surface area (Å²) in [6.07, 6.45) is 4.80. The number of nitrogens with one attached hydrogen (secondary N) is 1. The van der Waals surface area contributed by atoms with Gasteiger partial charge < -0.3 is 10.1 Å². The molecular formula is C20H15ClN4O2. The Morgan fingerprint density at radius 1 is 1.30 bits per heavy atom. The van der Waals surface area contributed by atoms with E-state index in [1.165, 1.54) is 13.2 Å². The van der Waals surface area contributed by atoms with Crippen LogP contribution in [-0.4, -0.2) is 22.8 Å². The molecule has 7 heteroatoms. The zero-order chi connectivity index (χ0) is 19.2. The maximum atomic E-state index is 12.4. The van der Waals surface area contributed by atoms with Gasteiger partial charge in [-0.1, -0.05) is 29.8 Å². The summed E-state index contributed by atoms with van der Waals surface area (Å²) in [7, 11) is 1.51. The lowest BCUT2D eigenvalue weighted by atomic mass is 10.2. The first-order chi connectivity index (χ1) is 13.1. The van der Waals surface area contributed by atoms with Crippen LogP contribution < -0.4 is 10.1 Å². The second-order valence-corrected chi connectivity index (χ2v) is 5.93. The van der Waals surface area contributed by atoms with Crippen molar-refractivity contribution < 1.29 is 9.53 Å². The van der Waals surface area contributed by atoms with Gasteiger partial charge in [0.1, 0.15) is 17.4 Å². The van der Waals surface area contributed by atoms with E-state index in [0.717, 1.165) is 5.69 Å². The Labute approximate surface area is 161 Å². The molecule has 3 aromatic rings. The molecule has 0 spiro atoms. The van der Waals surface area contributed by atoms with E-state index in [-0.39, 0.29) is 5.57 Å². The number of carbonyl (C=O) groups excluding carboxylic acids is 1. The molecule has 3 rings (SSSR count). The van der Waals surface area contributed by atoms with Crippen molar-refractivity contribution in [3.8, 4) is 17.5 Å². The summed E-state index contributed by atoms with van der Waals surface area (Å²) in [6, 6.07) is 16.3. The highest BCUT2D eigenvalue weighted by Gasteiger charge is 2.11. The van der Waals surface area contributed by atoms with E-state index in [2.05, 4.69) is 10.4 Å². The number of halogens is 1. The predicted molar refractivity (Wildman–Crippen MR) is 104 cm³/mol. The monoisotopic (exact) mass is 378 g/mol. The zero-order valence-corrected chi connectivity index (χ0v) is 15.1. The van der Waals surface area contributed by atoms with Gasteiger partial charge in [-0.2, -0.15) is 10.4 Å². The van der Waals surface area contributed by atoms with E-state index in [1.54, 1.807) is 35.3 Å². The zero-order valence-electron chi connectivity index (χ0n) is 14.4. The van der Waals surface area contributed by atoms with Crippen molar-refractivity contribution in [2.75, 3.05) is 12.4 Å². The molecule has 1 aromatic heterocycles. The number of ether oxygens (including phenoxy) is 1. The minimum atomic E-state index is -0.536. The Balaban J connectivity index is 1.78. The quantitative estimate of drug-likeness (QED) is 0.536. The summed E-state index contributed by atoms with van der Waals surface area (Å²) in [5.41, 5.74) is 1.94. The number of hydrogen-bond acceptors (Lipinski definition) is 4. The number of anilines is 1. The second kappa shape index (κ2) is 8.21. The second-order valence-electron chi connectivity index (χ2n) is 5.53. The number of nitrogens with zero attached hydrogens (tertiary/aromatic N) is 3. The van der Waals surface area contributed by atoms with E-state index in [4.69, 9.17) is 16.3 Å². The third kappa shape index (κ3) is 4.35. The average molecular weight is 379 g/mol. The molecule has 2 aromatic carbocycles. The van der Waals surface area contributed by atoms with E-state index >= 15 is 0 Å². The normalized spacial score (nSPS) is 10.9. The number of hydrogen-bond donors (Lipinski definition) is 1. The summed E-state index contributed by atoms with van der Waals surface area (Å²) < 4.78 is 6.74. The largest absolute Gasteiger partial charge is 0.495 e. The number of rotatable bonds is 5. The van der Waals surface area contributed by atoms with Crippen molar-refractivity contribution in [1.82, 2.24) is 9.78 Å². The summed E-state index contributed by atoms with van der Waals surface area (Å²) in [6.45, 7) is 0. The molecule has 0 saturated heterocycles. The molecule has 0 atom stereocenters. The lowest BCUT2D eigenvalue weighted by molar-refractivity contribution is -0.112. The summed E-state index contributed by atoms with van der Waals surface area (Å²) in [4.78, 5) is 12.4. The fourth-order valence-electron chi connectivity index (χ4n) is 2.39. The highest BCUT2D eigenvalue weighted by atomic mass is 35.5. The van der Waals surface area contributed by atoms with Crippen LogP contribution in [0.4, 0.5) is 5.69 Å². The van der Waals surface area contributed by atoms with Crippen LogP contribution in [0, 0.1) is 11.3 Å². The van der Waals surface area contributed by atoms with E-state index in [9.17, 15) is 10.1 Å².